The quantitative estimate of drug-likeness (QED) is 0.409. The first-order valence-corrected chi connectivity index (χ1v) is 12.4. The Morgan fingerprint density at radius 3 is 2.10 bits per heavy atom. The molecule has 0 amide bonds. The largest absolute Gasteiger partial charge is 0.352 e. The molecule has 168 valence electrons. The van der Waals surface area contributed by atoms with Crippen molar-refractivity contribution >= 4 is 0 Å². The van der Waals surface area contributed by atoms with Gasteiger partial charge >= 0.3 is 0 Å². The molecule has 3 aliphatic rings. The standard InChI is InChI=1S/C25H44O4/c1-3-5-7-9-21-16-26-24(27-17-21)15-12-22-18-28-25(29-19-22)23-13-10-20(11-14-23)8-6-4-2/h7,9,20-25H,3-6,8,10-19H2,1-2H3/b9-7+. The van der Waals surface area contributed by atoms with Gasteiger partial charge in [0.2, 0.25) is 0 Å². The van der Waals surface area contributed by atoms with Crippen molar-refractivity contribution in [3.63, 3.8) is 0 Å². The molecule has 0 spiro atoms. The zero-order valence-corrected chi connectivity index (χ0v) is 18.9. The van der Waals surface area contributed by atoms with E-state index in [9.17, 15) is 0 Å². The lowest BCUT2D eigenvalue weighted by Gasteiger charge is -2.38. The molecule has 2 saturated heterocycles. The summed E-state index contributed by atoms with van der Waals surface area (Å²) in [6.45, 7) is 7.72. The number of hydrogen-bond donors (Lipinski definition) is 0. The van der Waals surface area contributed by atoms with Gasteiger partial charge in [-0.05, 0) is 50.9 Å². The van der Waals surface area contributed by atoms with E-state index in [4.69, 9.17) is 18.9 Å². The minimum Gasteiger partial charge on any atom is -0.352 e. The van der Waals surface area contributed by atoms with Crippen LogP contribution < -0.4 is 0 Å². The summed E-state index contributed by atoms with van der Waals surface area (Å²) in [6, 6.07) is 0. The van der Waals surface area contributed by atoms with Gasteiger partial charge in [-0.15, -0.1) is 0 Å². The summed E-state index contributed by atoms with van der Waals surface area (Å²) in [5.41, 5.74) is 0. The average Bonchev–Trinajstić information content (AvgIpc) is 2.78. The minimum atomic E-state index is -0.0538. The van der Waals surface area contributed by atoms with Crippen LogP contribution in [0.25, 0.3) is 0 Å². The monoisotopic (exact) mass is 408 g/mol. The van der Waals surface area contributed by atoms with E-state index in [0.29, 0.717) is 17.8 Å². The van der Waals surface area contributed by atoms with Crippen LogP contribution in [0.4, 0.5) is 0 Å². The maximum Gasteiger partial charge on any atom is 0.160 e. The fraction of sp³-hybridized carbons (Fsp3) is 0.920. The molecular weight excluding hydrogens is 364 g/mol. The Balaban J connectivity index is 1.25. The summed E-state index contributed by atoms with van der Waals surface area (Å²) < 4.78 is 24.1. The van der Waals surface area contributed by atoms with Crippen molar-refractivity contribution < 1.29 is 18.9 Å². The van der Waals surface area contributed by atoms with Crippen LogP contribution in [0, 0.1) is 23.7 Å². The van der Waals surface area contributed by atoms with Gasteiger partial charge < -0.3 is 18.9 Å². The molecule has 0 aromatic carbocycles. The molecule has 29 heavy (non-hydrogen) atoms. The summed E-state index contributed by atoms with van der Waals surface area (Å²) in [4.78, 5) is 0. The number of rotatable bonds is 10. The van der Waals surface area contributed by atoms with E-state index in [1.165, 1.54) is 51.4 Å². The van der Waals surface area contributed by atoms with E-state index in [2.05, 4.69) is 26.0 Å². The highest BCUT2D eigenvalue weighted by Crippen LogP contribution is 2.36. The van der Waals surface area contributed by atoms with Gasteiger partial charge in [0.25, 0.3) is 0 Å². The van der Waals surface area contributed by atoms with Crippen LogP contribution >= 0.6 is 0 Å². The lowest BCUT2D eigenvalue weighted by molar-refractivity contribution is -0.235. The molecule has 0 bridgehead atoms. The maximum absolute atomic E-state index is 6.15. The molecule has 1 aliphatic carbocycles. The molecule has 3 rings (SSSR count). The fourth-order valence-corrected chi connectivity index (χ4v) is 4.90. The first kappa shape index (κ1) is 23.2. The zero-order valence-electron chi connectivity index (χ0n) is 18.9. The summed E-state index contributed by atoms with van der Waals surface area (Å²) in [5.74, 6) is 2.44. The van der Waals surface area contributed by atoms with Gasteiger partial charge in [-0.25, -0.2) is 0 Å². The SMILES string of the molecule is CCC/C=C/C1COC(CCC2COC(C3CCC(CCCC)CC3)OC2)OC1. The third kappa shape index (κ3) is 7.97. The molecule has 0 atom stereocenters. The topological polar surface area (TPSA) is 36.9 Å². The van der Waals surface area contributed by atoms with Crippen molar-refractivity contribution in [2.24, 2.45) is 23.7 Å². The highest BCUT2D eigenvalue weighted by atomic mass is 16.7. The van der Waals surface area contributed by atoms with Crippen molar-refractivity contribution in [3.8, 4) is 0 Å². The van der Waals surface area contributed by atoms with Crippen LogP contribution in [0.2, 0.25) is 0 Å². The fourth-order valence-electron chi connectivity index (χ4n) is 4.90. The van der Waals surface area contributed by atoms with Crippen molar-refractivity contribution in [2.75, 3.05) is 26.4 Å². The molecule has 0 radical (unpaired) electrons. The molecule has 3 fully saturated rings. The molecule has 4 heteroatoms. The predicted octanol–water partition coefficient (Wildman–Crippen LogP) is 6.10. The van der Waals surface area contributed by atoms with Crippen molar-refractivity contribution in [2.45, 2.75) is 97.1 Å². The molecule has 0 aromatic heterocycles. The second-order valence-corrected chi connectivity index (χ2v) is 9.47. The van der Waals surface area contributed by atoms with Crippen LogP contribution in [-0.2, 0) is 18.9 Å². The van der Waals surface area contributed by atoms with Crippen LogP contribution in [0.1, 0.15) is 84.5 Å². The molecule has 0 aromatic rings. The second kappa shape index (κ2) is 13.1. The maximum atomic E-state index is 6.15. The third-order valence-corrected chi connectivity index (χ3v) is 6.90. The smallest absolute Gasteiger partial charge is 0.160 e. The lowest BCUT2D eigenvalue weighted by atomic mass is 9.79. The minimum absolute atomic E-state index is 0.0382. The molecule has 1 saturated carbocycles. The summed E-state index contributed by atoms with van der Waals surface area (Å²) in [6.07, 6.45) is 18.2. The Labute approximate surface area is 178 Å². The number of hydrogen-bond acceptors (Lipinski definition) is 4. The van der Waals surface area contributed by atoms with Gasteiger partial charge in [-0.3, -0.25) is 0 Å². The Morgan fingerprint density at radius 2 is 1.45 bits per heavy atom. The Hall–Kier alpha value is -0.420. The third-order valence-electron chi connectivity index (χ3n) is 6.90. The van der Waals surface area contributed by atoms with Crippen molar-refractivity contribution in [3.05, 3.63) is 12.2 Å². The molecular formula is C25H44O4. The van der Waals surface area contributed by atoms with Crippen molar-refractivity contribution in [1.29, 1.82) is 0 Å². The van der Waals surface area contributed by atoms with Crippen LogP contribution in [0.5, 0.6) is 0 Å². The Morgan fingerprint density at radius 1 is 0.724 bits per heavy atom. The lowest BCUT2D eigenvalue weighted by Crippen LogP contribution is -2.39. The Kier molecular flexibility index (Phi) is 10.5. The first-order valence-electron chi connectivity index (χ1n) is 12.4. The van der Waals surface area contributed by atoms with E-state index >= 15 is 0 Å². The van der Waals surface area contributed by atoms with Gasteiger partial charge in [0.15, 0.2) is 12.6 Å². The summed E-state index contributed by atoms with van der Waals surface area (Å²) in [7, 11) is 0. The van der Waals surface area contributed by atoms with Gasteiger partial charge in [0, 0.05) is 17.8 Å². The first-order chi connectivity index (χ1) is 14.3. The Bertz CT molecular complexity index is 442. The number of unbranched alkanes of at least 4 members (excludes halogenated alkanes) is 2. The molecule has 2 heterocycles. The van der Waals surface area contributed by atoms with Crippen LogP contribution in [0.15, 0.2) is 12.2 Å². The van der Waals surface area contributed by atoms with Gasteiger partial charge in [0.05, 0.1) is 26.4 Å². The van der Waals surface area contributed by atoms with Gasteiger partial charge in [-0.1, -0.05) is 51.7 Å². The van der Waals surface area contributed by atoms with Gasteiger partial charge in [0.1, 0.15) is 0 Å². The van der Waals surface area contributed by atoms with Crippen LogP contribution in [-0.4, -0.2) is 39.0 Å². The van der Waals surface area contributed by atoms with E-state index in [0.717, 1.165) is 51.6 Å². The van der Waals surface area contributed by atoms with E-state index in [1.807, 2.05) is 0 Å². The van der Waals surface area contributed by atoms with Crippen LogP contribution in [0.3, 0.4) is 0 Å². The van der Waals surface area contributed by atoms with E-state index in [1.54, 1.807) is 0 Å². The normalized spacial score (nSPS) is 36.5. The van der Waals surface area contributed by atoms with Crippen molar-refractivity contribution in [1.82, 2.24) is 0 Å². The second-order valence-electron chi connectivity index (χ2n) is 9.47. The van der Waals surface area contributed by atoms with Gasteiger partial charge in [-0.2, -0.15) is 0 Å². The molecule has 0 N–H and O–H groups in total. The molecule has 2 aliphatic heterocycles. The highest BCUT2D eigenvalue weighted by Gasteiger charge is 2.32. The average molecular weight is 409 g/mol. The summed E-state index contributed by atoms with van der Waals surface area (Å²) >= 11 is 0. The number of allylic oxidation sites excluding steroid dienone is 1. The highest BCUT2D eigenvalue weighted by molar-refractivity contribution is 4.89. The number of ether oxygens (including phenoxy) is 4. The predicted molar refractivity (Wildman–Crippen MR) is 117 cm³/mol. The van der Waals surface area contributed by atoms with E-state index in [-0.39, 0.29) is 12.6 Å². The van der Waals surface area contributed by atoms with E-state index < -0.39 is 0 Å². The molecule has 0 unspecified atom stereocenters. The zero-order chi connectivity index (χ0) is 20.3. The summed E-state index contributed by atoms with van der Waals surface area (Å²) in [5, 5.41) is 0. The molecule has 4 nitrogen and oxygen atoms in total.